The lowest BCUT2D eigenvalue weighted by atomic mass is 9.97. The smallest absolute Gasteiger partial charge is 0.127 e. The molecule has 1 heterocycles. The van der Waals surface area contributed by atoms with Crippen molar-refractivity contribution < 1.29 is 9.84 Å². The Kier molecular flexibility index (Phi) is 3.63. The van der Waals surface area contributed by atoms with Gasteiger partial charge in [-0.1, -0.05) is 18.2 Å². The highest BCUT2D eigenvalue weighted by molar-refractivity contribution is 5.45. The number of nitrogens with one attached hydrogen (secondary N) is 1. The topological polar surface area (TPSA) is 41.5 Å². The van der Waals surface area contributed by atoms with Gasteiger partial charge in [0.25, 0.3) is 0 Å². The Morgan fingerprint density at radius 2 is 2.11 bits per heavy atom. The maximum atomic E-state index is 9.74. The lowest BCUT2D eigenvalue weighted by molar-refractivity contribution is 0.0947. The summed E-state index contributed by atoms with van der Waals surface area (Å²) in [5.74, 6) is 1.02. The van der Waals surface area contributed by atoms with Gasteiger partial charge in [-0.3, -0.25) is 0 Å². The summed E-state index contributed by atoms with van der Waals surface area (Å²) < 4.78 is 6.05. The molecule has 0 bridgehead atoms. The molecular formula is C16H25NO2. The Hall–Kier alpha value is -1.06. The van der Waals surface area contributed by atoms with Crippen LogP contribution in [0.5, 0.6) is 5.75 Å². The zero-order valence-corrected chi connectivity index (χ0v) is 12.6. The predicted molar refractivity (Wildman–Crippen MR) is 77.5 cm³/mol. The fraction of sp³-hybridized carbons (Fsp3) is 0.625. The second kappa shape index (κ2) is 4.80. The molecule has 1 unspecified atom stereocenters. The van der Waals surface area contributed by atoms with Crippen LogP contribution in [0, 0.1) is 0 Å². The van der Waals surface area contributed by atoms with Crippen LogP contribution in [0.15, 0.2) is 18.2 Å². The third-order valence-electron chi connectivity index (χ3n) is 3.95. The highest BCUT2D eigenvalue weighted by atomic mass is 16.5. The average Bonchev–Trinajstić information content (AvgIpc) is 2.60. The molecule has 2 N–H and O–H groups in total. The standard InChI is InChI=1S/C16H25NO2/c1-11(18)16(4,5)17-10-13-8-6-7-12-9-15(2,3)19-14(12)13/h6-8,11,17-18H,9-10H2,1-5H3. The van der Waals surface area contributed by atoms with Crippen molar-refractivity contribution in [3.05, 3.63) is 29.3 Å². The third-order valence-corrected chi connectivity index (χ3v) is 3.95. The summed E-state index contributed by atoms with van der Waals surface area (Å²) in [6.07, 6.45) is 0.553. The number of rotatable bonds is 4. The van der Waals surface area contributed by atoms with E-state index in [1.165, 1.54) is 5.56 Å². The van der Waals surface area contributed by atoms with E-state index in [9.17, 15) is 5.11 Å². The second-order valence-electron chi connectivity index (χ2n) is 6.70. The first-order chi connectivity index (χ1) is 8.71. The summed E-state index contributed by atoms with van der Waals surface area (Å²) in [7, 11) is 0. The minimum Gasteiger partial charge on any atom is -0.487 e. The van der Waals surface area contributed by atoms with Crippen LogP contribution in [0.4, 0.5) is 0 Å². The maximum Gasteiger partial charge on any atom is 0.127 e. The quantitative estimate of drug-likeness (QED) is 0.877. The van der Waals surface area contributed by atoms with E-state index in [0.717, 1.165) is 17.7 Å². The van der Waals surface area contributed by atoms with Crippen molar-refractivity contribution in [2.75, 3.05) is 0 Å². The zero-order chi connectivity index (χ0) is 14.3. The molecule has 106 valence electrons. The third kappa shape index (κ3) is 3.10. The Balaban J connectivity index is 2.14. The molecule has 0 saturated carbocycles. The predicted octanol–water partition coefficient (Wildman–Crippen LogP) is 2.65. The van der Waals surface area contributed by atoms with Gasteiger partial charge in [0.1, 0.15) is 11.4 Å². The van der Waals surface area contributed by atoms with Crippen molar-refractivity contribution in [1.82, 2.24) is 5.32 Å². The van der Waals surface area contributed by atoms with Gasteiger partial charge in [0.2, 0.25) is 0 Å². The Morgan fingerprint density at radius 3 is 2.74 bits per heavy atom. The molecule has 0 radical (unpaired) electrons. The van der Waals surface area contributed by atoms with Crippen LogP contribution < -0.4 is 10.1 Å². The van der Waals surface area contributed by atoms with Gasteiger partial charge >= 0.3 is 0 Å². The van der Waals surface area contributed by atoms with E-state index in [4.69, 9.17) is 4.74 Å². The van der Waals surface area contributed by atoms with E-state index >= 15 is 0 Å². The summed E-state index contributed by atoms with van der Waals surface area (Å²) in [6, 6.07) is 6.30. The van der Waals surface area contributed by atoms with E-state index in [2.05, 4.69) is 37.4 Å². The van der Waals surface area contributed by atoms with Crippen LogP contribution in [-0.2, 0) is 13.0 Å². The summed E-state index contributed by atoms with van der Waals surface area (Å²) in [5.41, 5.74) is 2.02. The molecule has 1 aromatic rings. The van der Waals surface area contributed by atoms with Gasteiger partial charge in [0.05, 0.1) is 6.10 Å². The molecule has 0 aromatic heterocycles. The lowest BCUT2D eigenvalue weighted by Crippen LogP contribution is -2.47. The summed E-state index contributed by atoms with van der Waals surface area (Å²) in [4.78, 5) is 0. The van der Waals surface area contributed by atoms with Crippen molar-refractivity contribution in [1.29, 1.82) is 0 Å². The molecule has 2 rings (SSSR count). The first-order valence-corrected chi connectivity index (χ1v) is 6.94. The second-order valence-corrected chi connectivity index (χ2v) is 6.70. The zero-order valence-electron chi connectivity index (χ0n) is 12.6. The van der Waals surface area contributed by atoms with E-state index in [1.54, 1.807) is 0 Å². The molecule has 1 aliphatic rings. The summed E-state index contributed by atoms with van der Waals surface area (Å²) in [5, 5.41) is 13.1. The number of ether oxygens (including phenoxy) is 1. The minimum atomic E-state index is -0.401. The minimum absolute atomic E-state index is 0.113. The monoisotopic (exact) mass is 263 g/mol. The van der Waals surface area contributed by atoms with Crippen molar-refractivity contribution in [2.45, 2.75) is 64.8 Å². The fourth-order valence-electron chi connectivity index (χ4n) is 2.29. The molecule has 1 aromatic carbocycles. The van der Waals surface area contributed by atoms with Gasteiger partial charge < -0.3 is 15.2 Å². The number of hydrogen-bond donors (Lipinski definition) is 2. The lowest BCUT2D eigenvalue weighted by Gasteiger charge is -2.30. The highest BCUT2D eigenvalue weighted by Crippen LogP contribution is 2.37. The molecule has 1 aliphatic heterocycles. The fourth-order valence-corrected chi connectivity index (χ4v) is 2.29. The Labute approximate surface area is 116 Å². The summed E-state index contributed by atoms with van der Waals surface area (Å²) in [6.45, 7) is 10.8. The summed E-state index contributed by atoms with van der Waals surface area (Å²) >= 11 is 0. The van der Waals surface area contributed by atoms with Crippen LogP contribution in [0.1, 0.15) is 45.7 Å². The number of benzene rings is 1. The van der Waals surface area contributed by atoms with Crippen LogP contribution >= 0.6 is 0 Å². The van der Waals surface area contributed by atoms with Crippen molar-refractivity contribution in [3.63, 3.8) is 0 Å². The SMILES string of the molecule is CC(O)C(C)(C)NCc1cccc2c1OC(C)(C)C2. The maximum absolute atomic E-state index is 9.74. The van der Waals surface area contributed by atoms with E-state index < -0.39 is 6.10 Å². The van der Waals surface area contributed by atoms with Crippen molar-refractivity contribution in [3.8, 4) is 5.75 Å². The number of aliphatic hydroxyl groups is 1. The van der Waals surface area contributed by atoms with Gasteiger partial charge in [-0.05, 0) is 40.2 Å². The first-order valence-electron chi connectivity index (χ1n) is 6.94. The Morgan fingerprint density at radius 1 is 1.42 bits per heavy atom. The molecule has 0 aliphatic carbocycles. The molecule has 0 saturated heterocycles. The van der Waals surface area contributed by atoms with Crippen LogP contribution in [0.2, 0.25) is 0 Å². The molecule has 19 heavy (non-hydrogen) atoms. The van der Waals surface area contributed by atoms with E-state index in [-0.39, 0.29) is 11.1 Å². The molecule has 3 nitrogen and oxygen atoms in total. The van der Waals surface area contributed by atoms with Gasteiger partial charge in [0.15, 0.2) is 0 Å². The van der Waals surface area contributed by atoms with Gasteiger partial charge in [-0.25, -0.2) is 0 Å². The van der Waals surface area contributed by atoms with Gasteiger partial charge in [-0.15, -0.1) is 0 Å². The molecular weight excluding hydrogens is 238 g/mol. The van der Waals surface area contributed by atoms with Crippen LogP contribution in [0.3, 0.4) is 0 Å². The van der Waals surface area contributed by atoms with E-state index in [1.807, 2.05) is 20.8 Å². The number of para-hydroxylation sites is 1. The van der Waals surface area contributed by atoms with Crippen LogP contribution in [0.25, 0.3) is 0 Å². The first kappa shape index (κ1) is 14.4. The van der Waals surface area contributed by atoms with Crippen LogP contribution in [-0.4, -0.2) is 22.4 Å². The number of aliphatic hydroxyl groups excluding tert-OH is 1. The molecule has 3 heteroatoms. The highest BCUT2D eigenvalue weighted by Gasteiger charge is 2.32. The van der Waals surface area contributed by atoms with Crippen molar-refractivity contribution in [2.24, 2.45) is 0 Å². The molecule has 0 amide bonds. The van der Waals surface area contributed by atoms with Crippen molar-refractivity contribution >= 4 is 0 Å². The van der Waals surface area contributed by atoms with E-state index in [0.29, 0.717) is 6.54 Å². The average molecular weight is 263 g/mol. The number of fused-ring (bicyclic) bond motifs is 1. The largest absolute Gasteiger partial charge is 0.487 e. The molecule has 1 atom stereocenters. The van der Waals surface area contributed by atoms with Gasteiger partial charge in [0, 0.05) is 24.1 Å². The Bertz CT molecular complexity index is 464. The molecule has 0 fully saturated rings. The molecule has 0 spiro atoms. The number of hydrogen-bond acceptors (Lipinski definition) is 3. The normalized spacial score (nSPS) is 18.8. The van der Waals surface area contributed by atoms with Gasteiger partial charge in [-0.2, -0.15) is 0 Å².